The quantitative estimate of drug-likeness (QED) is 0.541. The molecule has 2 aromatic rings. The first kappa shape index (κ1) is 24.9. The van der Waals surface area contributed by atoms with E-state index in [-0.39, 0.29) is 24.0 Å². The van der Waals surface area contributed by atoms with Gasteiger partial charge in [0.25, 0.3) is 0 Å². The molecule has 7 nitrogen and oxygen atoms in total. The maximum Gasteiger partial charge on any atom is 0.318 e. The number of carbonyl (C=O) groups is 2. The first-order chi connectivity index (χ1) is 17.4. The molecule has 1 heterocycles. The number of ether oxygens (including phenoxy) is 1. The molecule has 4 aliphatic carbocycles. The second-order valence-electron chi connectivity index (χ2n) is 11.4. The number of amides is 3. The number of nitrogens with one attached hydrogen (secondary N) is 1. The second kappa shape index (κ2) is 10.7. The van der Waals surface area contributed by atoms with Crippen molar-refractivity contribution < 1.29 is 14.3 Å². The molecule has 0 aliphatic heterocycles. The van der Waals surface area contributed by atoms with Gasteiger partial charge in [-0.2, -0.15) is 0 Å². The summed E-state index contributed by atoms with van der Waals surface area (Å²) in [7, 11) is 3.62. The summed E-state index contributed by atoms with van der Waals surface area (Å²) in [4.78, 5) is 30.8. The Morgan fingerprint density at radius 2 is 1.64 bits per heavy atom. The fourth-order valence-corrected chi connectivity index (χ4v) is 7.18. The number of methoxy groups -OCH3 is 1. The number of nitrogens with zero attached hydrogens (tertiary/aromatic N) is 3. The van der Waals surface area contributed by atoms with Gasteiger partial charge in [0.2, 0.25) is 5.91 Å². The highest BCUT2D eigenvalue weighted by Crippen LogP contribution is 2.55. The van der Waals surface area contributed by atoms with E-state index < -0.39 is 0 Å². The zero-order chi connectivity index (χ0) is 25.1. The number of hydrogen-bond donors (Lipinski definition) is 1. The Morgan fingerprint density at radius 1 is 0.972 bits per heavy atom. The molecule has 1 aromatic heterocycles. The van der Waals surface area contributed by atoms with E-state index in [0.29, 0.717) is 26.2 Å². The Morgan fingerprint density at radius 3 is 2.22 bits per heavy atom. The van der Waals surface area contributed by atoms with Crippen molar-refractivity contribution in [1.29, 1.82) is 0 Å². The molecule has 1 aromatic carbocycles. The van der Waals surface area contributed by atoms with Crippen molar-refractivity contribution in [1.82, 2.24) is 19.7 Å². The van der Waals surface area contributed by atoms with Gasteiger partial charge in [0.1, 0.15) is 6.54 Å². The van der Waals surface area contributed by atoms with Crippen molar-refractivity contribution in [2.45, 2.75) is 57.2 Å². The largest absolute Gasteiger partial charge is 0.383 e. The average Bonchev–Trinajstić information content (AvgIpc) is 3.24. The Balaban J connectivity index is 1.30. The van der Waals surface area contributed by atoms with E-state index >= 15 is 0 Å². The molecule has 4 saturated carbocycles. The number of urea groups is 1. The van der Waals surface area contributed by atoms with Crippen LogP contribution in [0.3, 0.4) is 0 Å². The number of rotatable bonds is 10. The van der Waals surface area contributed by atoms with Crippen LogP contribution in [-0.2, 0) is 29.7 Å². The van der Waals surface area contributed by atoms with E-state index in [0.717, 1.165) is 48.3 Å². The van der Waals surface area contributed by atoms with Gasteiger partial charge in [-0.25, -0.2) is 4.79 Å². The Kier molecular flexibility index (Phi) is 7.37. The summed E-state index contributed by atoms with van der Waals surface area (Å²) in [5, 5.41) is 3.44. The smallest absolute Gasteiger partial charge is 0.318 e. The third-order valence-electron chi connectivity index (χ3n) is 8.56. The number of aryl methyl sites for hydroxylation is 1. The topological polar surface area (TPSA) is 66.8 Å². The van der Waals surface area contributed by atoms with Gasteiger partial charge in [0.05, 0.1) is 13.2 Å². The third-order valence-corrected chi connectivity index (χ3v) is 8.56. The molecule has 1 N–H and O–H groups in total. The number of carbonyl (C=O) groups excluding carboxylic acids is 2. The highest BCUT2D eigenvalue weighted by molar-refractivity contribution is 5.84. The predicted octanol–water partition coefficient (Wildman–Crippen LogP) is 4.18. The molecule has 0 saturated heterocycles. The van der Waals surface area contributed by atoms with Crippen molar-refractivity contribution in [2.24, 2.45) is 24.8 Å². The molecular weight excluding hydrogens is 452 g/mol. The SMILES string of the molecule is COCCN(CC(=O)N(Cc1ccccc1)Cc1cccn1C)C(=O)NC12CC3CC(CC(C3)C1)C2. The lowest BCUT2D eigenvalue weighted by Crippen LogP contribution is -2.62. The molecule has 4 aliphatic rings. The average molecular weight is 493 g/mol. The van der Waals surface area contributed by atoms with Crippen molar-refractivity contribution in [3.8, 4) is 0 Å². The number of aromatic nitrogens is 1. The third kappa shape index (κ3) is 5.61. The van der Waals surface area contributed by atoms with Gasteiger partial charge in [-0.15, -0.1) is 0 Å². The van der Waals surface area contributed by atoms with Crippen LogP contribution in [0.4, 0.5) is 4.79 Å². The maximum atomic E-state index is 13.7. The first-order valence-corrected chi connectivity index (χ1v) is 13.4. The highest BCUT2D eigenvalue weighted by atomic mass is 16.5. The maximum absolute atomic E-state index is 13.7. The lowest BCUT2D eigenvalue weighted by atomic mass is 9.53. The Hall–Kier alpha value is -2.80. The fourth-order valence-electron chi connectivity index (χ4n) is 7.18. The van der Waals surface area contributed by atoms with Crippen LogP contribution in [0, 0.1) is 17.8 Å². The zero-order valence-corrected chi connectivity index (χ0v) is 21.7. The second-order valence-corrected chi connectivity index (χ2v) is 11.4. The van der Waals surface area contributed by atoms with Crippen LogP contribution < -0.4 is 5.32 Å². The van der Waals surface area contributed by atoms with Crippen LogP contribution in [0.5, 0.6) is 0 Å². The predicted molar refractivity (Wildman–Crippen MR) is 139 cm³/mol. The van der Waals surface area contributed by atoms with Crippen LogP contribution in [-0.4, -0.2) is 58.7 Å². The fraction of sp³-hybridized carbons (Fsp3) is 0.586. The summed E-state index contributed by atoms with van der Waals surface area (Å²) in [6, 6.07) is 13.9. The molecule has 36 heavy (non-hydrogen) atoms. The Bertz CT molecular complexity index is 1010. The molecule has 4 fully saturated rings. The van der Waals surface area contributed by atoms with Crippen molar-refractivity contribution >= 4 is 11.9 Å². The van der Waals surface area contributed by atoms with Gasteiger partial charge in [0.15, 0.2) is 0 Å². The van der Waals surface area contributed by atoms with Gasteiger partial charge in [-0.1, -0.05) is 30.3 Å². The van der Waals surface area contributed by atoms with Gasteiger partial charge in [-0.3, -0.25) is 4.79 Å². The summed E-state index contributed by atoms with van der Waals surface area (Å²) in [6.45, 7) is 1.83. The molecule has 194 valence electrons. The van der Waals surface area contributed by atoms with Crippen LogP contribution in [0.1, 0.15) is 49.8 Å². The van der Waals surface area contributed by atoms with E-state index in [1.165, 1.54) is 19.3 Å². The van der Waals surface area contributed by atoms with Crippen molar-refractivity contribution in [3.05, 3.63) is 59.9 Å². The molecule has 6 rings (SSSR count). The van der Waals surface area contributed by atoms with Crippen molar-refractivity contribution in [2.75, 3.05) is 26.8 Å². The lowest BCUT2D eigenvalue weighted by Gasteiger charge is -2.57. The van der Waals surface area contributed by atoms with E-state index in [4.69, 9.17) is 4.74 Å². The monoisotopic (exact) mass is 492 g/mol. The first-order valence-electron chi connectivity index (χ1n) is 13.4. The summed E-state index contributed by atoms with van der Waals surface area (Å²) in [5.41, 5.74) is 2.04. The minimum absolute atomic E-state index is 0.0405. The van der Waals surface area contributed by atoms with Crippen molar-refractivity contribution in [3.63, 3.8) is 0 Å². The molecule has 0 atom stereocenters. The minimum atomic E-state index is -0.124. The van der Waals surface area contributed by atoms with Crippen LogP contribution in [0.25, 0.3) is 0 Å². The lowest BCUT2D eigenvalue weighted by molar-refractivity contribution is -0.133. The van der Waals surface area contributed by atoms with E-state index in [9.17, 15) is 9.59 Å². The van der Waals surface area contributed by atoms with Crippen LogP contribution >= 0.6 is 0 Å². The molecular formula is C29H40N4O3. The van der Waals surface area contributed by atoms with Crippen LogP contribution in [0.15, 0.2) is 48.7 Å². The summed E-state index contributed by atoms with van der Waals surface area (Å²) < 4.78 is 7.34. The summed E-state index contributed by atoms with van der Waals surface area (Å²) in [5.74, 6) is 2.18. The molecule has 4 bridgehead atoms. The molecule has 7 heteroatoms. The van der Waals surface area contributed by atoms with Gasteiger partial charge in [0, 0.05) is 44.7 Å². The normalized spacial score (nSPS) is 26.1. The molecule has 0 radical (unpaired) electrons. The van der Waals surface area contributed by atoms with Gasteiger partial charge < -0.3 is 24.4 Å². The van der Waals surface area contributed by atoms with E-state index in [2.05, 4.69) is 5.32 Å². The number of hydrogen-bond acceptors (Lipinski definition) is 3. The molecule has 0 spiro atoms. The summed E-state index contributed by atoms with van der Waals surface area (Å²) >= 11 is 0. The summed E-state index contributed by atoms with van der Waals surface area (Å²) in [6.07, 6.45) is 9.24. The zero-order valence-electron chi connectivity index (χ0n) is 21.7. The highest BCUT2D eigenvalue weighted by Gasteiger charge is 2.51. The molecule has 0 unspecified atom stereocenters. The van der Waals surface area contributed by atoms with Gasteiger partial charge >= 0.3 is 6.03 Å². The minimum Gasteiger partial charge on any atom is -0.383 e. The van der Waals surface area contributed by atoms with E-state index in [1.54, 1.807) is 12.0 Å². The molecule has 3 amide bonds. The Labute approximate surface area is 214 Å². The standard InChI is InChI=1S/C29H40N4O3/c1-31-10-6-9-26(31)20-33(19-22-7-4-3-5-8-22)27(34)21-32(11-12-36-2)28(35)30-29-16-23-13-24(17-29)15-25(14-23)18-29/h3-10,23-25H,11-21H2,1-2H3,(H,30,35). The van der Waals surface area contributed by atoms with Crippen LogP contribution in [0.2, 0.25) is 0 Å². The number of benzene rings is 1. The van der Waals surface area contributed by atoms with E-state index in [1.807, 2.05) is 65.2 Å². The van der Waals surface area contributed by atoms with Gasteiger partial charge in [-0.05, 0) is 74.0 Å².